The molecule has 4 amide bonds. The van der Waals surface area contributed by atoms with E-state index in [9.17, 15) is 14.4 Å². The number of amides is 4. The zero-order valence-corrected chi connectivity index (χ0v) is 20.6. The van der Waals surface area contributed by atoms with Gasteiger partial charge in [-0.15, -0.1) is 0 Å². The first-order valence-corrected chi connectivity index (χ1v) is 11.6. The first-order valence-electron chi connectivity index (χ1n) is 9.97. The number of hydrogen-bond donors (Lipinski definition) is 1. The standard InChI is InChI=1S/C25H18Br2N2O4/c1-15-4-2-3-5-22(15)29-24(31)20(23(30)28-25(29)32)12-16-6-10-19(11-7-16)33-14-17-8-9-18(26)13-21(17)27/h2-13H,14H2,1H3,(H,28,30,32)/b20-12+. The van der Waals surface area contributed by atoms with Crippen LogP contribution in [0.3, 0.4) is 0 Å². The quantitative estimate of drug-likeness (QED) is 0.313. The van der Waals surface area contributed by atoms with Gasteiger partial charge in [0, 0.05) is 14.5 Å². The number of rotatable bonds is 5. The van der Waals surface area contributed by atoms with Crippen molar-refractivity contribution in [3.8, 4) is 5.75 Å². The molecule has 0 spiro atoms. The second kappa shape index (κ2) is 9.72. The van der Waals surface area contributed by atoms with Gasteiger partial charge in [0.05, 0.1) is 5.69 Å². The predicted octanol–water partition coefficient (Wildman–Crippen LogP) is 5.77. The highest BCUT2D eigenvalue weighted by molar-refractivity contribution is 9.11. The maximum atomic E-state index is 13.0. The van der Waals surface area contributed by atoms with E-state index in [1.807, 2.05) is 24.3 Å². The summed E-state index contributed by atoms with van der Waals surface area (Å²) in [6, 6.07) is 19.1. The van der Waals surface area contributed by atoms with Crippen LogP contribution < -0.4 is 15.0 Å². The van der Waals surface area contributed by atoms with Gasteiger partial charge in [0.1, 0.15) is 17.9 Å². The molecule has 3 aromatic rings. The Labute approximate surface area is 207 Å². The number of nitrogens with zero attached hydrogens (tertiary/aromatic N) is 1. The summed E-state index contributed by atoms with van der Waals surface area (Å²) in [6.45, 7) is 2.17. The smallest absolute Gasteiger partial charge is 0.335 e. The van der Waals surface area contributed by atoms with Gasteiger partial charge in [0.2, 0.25) is 0 Å². The molecular formula is C25H18Br2N2O4. The number of carbonyl (C=O) groups excluding carboxylic acids is 3. The van der Waals surface area contributed by atoms with Crippen molar-refractivity contribution < 1.29 is 19.1 Å². The fourth-order valence-electron chi connectivity index (χ4n) is 3.32. The Bertz CT molecular complexity index is 1290. The van der Waals surface area contributed by atoms with E-state index >= 15 is 0 Å². The third-order valence-electron chi connectivity index (χ3n) is 5.06. The van der Waals surface area contributed by atoms with Crippen molar-refractivity contribution in [1.29, 1.82) is 0 Å². The average Bonchev–Trinajstić information content (AvgIpc) is 2.78. The molecule has 1 fully saturated rings. The Morgan fingerprint density at radius 1 is 0.970 bits per heavy atom. The van der Waals surface area contributed by atoms with E-state index in [4.69, 9.17) is 4.74 Å². The van der Waals surface area contributed by atoms with Gasteiger partial charge >= 0.3 is 6.03 Å². The van der Waals surface area contributed by atoms with Crippen molar-refractivity contribution in [2.75, 3.05) is 4.90 Å². The molecule has 3 aromatic carbocycles. The van der Waals surface area contributed by atoms with Crippen LogP contribution in [0.5, 0.6) is 5.75 Å². The van der Waals surface area contributed by atoms with Crippen molar-refractivity contribution in [3.05, 3.63) is 97.9 Å². The molecule has 0 atom stereocenters. The maximum absolute atomic E-state index is 13.0. The second-order valence-corrected chi connectivity index (χ2v) is 9.11. The lowest BCUT2D eigenvalue weighted by Crippen LogP contribution is -2.54. The van der Waals surface area contributed by atoms with E-state index in [0.717, 1.165) is 25.0 Å². The molecule has 0 saturated carbocycles. The van der Waals surface area contributed by atoms with Gasteiger partial charge < -0.3 is 4.74 Å². The van der Waals surface area contributed by atoms with Gasteiger partial charge in [0.25, 0.3) is 11.8 Å². The summed E-state index contributed by atoms with van der Waals surface area (Å²) in [5, 5.41) is 2.24. The first-order chi connectivity index (χ1) is 15.8. The Kier molecular flexibility index (Phi) is 6.76. The minimum absolute atomic E-state index is 0.120. The Balaban J connectivity index is 1.52. The highest BCUT2D eigenvalue weighted by Crippen LogP contribution is 2.26. The molecule has 1 heterocycles. The number of urea groups is 1. The number of carbonyl (C=O) groups is 3. The van der Waals surface area contributed by atoms with Crippen molar-refractivity contribution in [2.45, 2.75) is 13.5 Å². The van der Waals surface area contributed by atoms with Crippen molar-refractivity contribution in [1.82, 2.24) is 5.32 Å². The lowest BCUT2D eigenvalue weighted by atomic mass is 10.1. The number of nitrogens with one attached hydrogen (secondary N) is 1. The summed E-state index contributed by atoms with van der Waals surface area (Å²) < 4.78 is 7.75. The maximum Gasteiger partial charge on any atom is 0.335 e. The van der Waals surface area contributed by atoms with Crippen LogP contribution in [-0.4, -0.2) is 17.8 Å². The number of hydrogen-bond acceptors (Lipinski definition) is 4. The Morgan fingerprint density at radius 2 is 1.70 bits per heavy atom. The lowest BCUT2D eigenvalue weighted by molar-refractivity contribution is -0.122. The van der Waals surface area contributed by atoms with Crippen molar-refractivity contribution in [2.24, 2.45) is 0 Å². The first kappa shape index (κ1) is 22.9. The number of aryl methyl sites for hydroxylation is 1. The summed E-state index contributed by atoms with van der Waals surface area (Å²) in [5.41, 5.74) is 2.68. The van der Waals surface area contributed by atoms with E-state index in [-0.39, 0.29) is 5.57 Å². The molecule has 33 heavy (non-hydrogen) atoms. The van der Waals surface area contributed by atoms with Gasteiger partial charge in [-0.1, -0.05) is 68.3 Å². The molecule has 1 saturated heterocycles. The van der Waals surface area contributed by atoms with Gasteiger partial charge in [-0.3, -0.25) is 14.9 Å². The highest BCUT2D eigenvalue weighted by atomic mass is 79.9. The third-order valence-corrected chi connectivity index (χ3v) is 6.29. The molecule has 1 aliphatic heterocycles. The number of imide groups is 2. The largest absolute Gasteiger partial charge is 0.489 e. The molecule has 0 radical (unpaired) electrons. The molecule has 4 rings (SSSR count). The lowest BCUT2D eigenvalue weighted by Gasteiger charge is -2.27. The molecular weight excluding hydrogens is 552 g/mol. The number of halogens is 2. The van der Waals surface area contributed by atoms with Crippen molar-refractivity contribution >= 4 is 61.5 Å². The number of ether oxygens (including phenoxy) is 1. The highest BCUT2D eigenvalue weighted by Gasteiger charge is 2.37. The van der Waals surface area contributed by atoms with Gasteiger partial charge in [0.15, 0.2) is 0 Å². The molecule has 0 aliphatic carbocycles. The summed E-state index contributed by atoms with van der Waals surface area (Å²) >= 11 is 6.94. The van der Waals surface area contributed by atoms with Crippen molar-refractivity contribution in [3.63, 3.8) is 0 Å². The van der Waals surface area contributed by atoms with Crippen LogP contribution in [0.4, 0.5) is 10.5 Å². The molecule has 0 bridgehead atoms. The third kappa shape index (κ3) is 5.07. The number of para-hydroxylation sites is 1. The number of benzene rings is 3. The minimum atomic E-state index is -0.765. The normalized spacial score (nSPS) is 15.1. The van der Waals surface area contributed by atoms with Gasteiger partial charge in [-0.05, 0) is 54.5 Å². The van der Waals surface area contributed by atoms with Gasteiger partial charge in [-0.2, -0.15) is 0 Å². The van der Waals surface area contributed by atoms with Crippen LogP contribution in [0.2, 0.25) is 0 Å². The summed E-state index contributed by atoms with van der Waals surface area (Å²) in [5.74, 6) is -0.753. The van der Waals surface area contributed by atoms with E-state index in [0.29, 0.717) is 23.6 Å². The fraction of sp³-hybridized carbons (Fsp3) is 0.0800. The monoisotopic (exact) mass is 568 g/mol. The van der Waals surface area contributed by atoms with E-state index in [1.165, 1.54) is 6.08 Å². The van der Waals surface area contributed by atoms with Crippen LogP contribution in [-0.2, 0) is 16.2 Å². The van der Waals surface area contributed by atoms with E-state index in [2.05, 4.69) is 37.2 Å². The molecule has 8 heteroatoms. The van der Waals surface area contributed by atoms with Crippen LogP contribution in [0.15, 0.2) is 81.2 Å². The van der Waals surface area contributed by atoms with E-state index in [1.54, 1.807) is 49.4 Å². The molecule has 1 aliphatic rings. The SMILES string of the molecule is Cc1ccccc1N1C(=O)NC(=O)/C(=C\c2ccc(OCc3ccc(Br)cc3Br)cc2)C1=O. The fourth-order valence-corrected chi connectivity index (χ4v) is 4.48. The molecule has 1 N–H and O–H groups in total. The Morgan fingerprint density at radius 3 is 2.39 bits per heavy atom. The Hall–Kier alpha value is -3.23. The zero-order chi connectivity index (χ0) is 23.5. The van der Waals surface area contributed by atoms with Gasteiger partial charge in [-0.25, -0.2) is 9.69 Å². The van der Waals surface area contributed by atoms with Crippen LogP contribution in [0.1, 0.15) is 16.7 Å². The van der Waals surface area contributed by atoms with E-state index < -0.39 is 17.8 Å². The average molecular weight is 570 g/mol. The molecule has 166 valence electrons. The molecule has 0 aromatic heterocycles. The summed E-state index contributed by atoms with van der Waals surface area (Å²) in [7, 11) is 0. The molecule has 6 nitrogen and oxygen atoms in total. The van der Waals surface area contributed by atoms with Crippen LogP contribution >= 0.6 is 31.9 Å². The number of barbiturate groups is 1. The second-order valence-electron chi connectivity index (χ2n) is 7.34. The predicted molar refractivity (Wildman–Crippen MR) is 133 cm³/mol. The number of anilines is 1. The van der Waals surface area contributed by atoms with Crippen LogP contribution in [0, 0.1) is 6.92 Å². The van der Waals surface area contributed by atoms with Crippen LogP contribution in [0.25, 0.3) is 6.08 Å². The molecule has 0 unspecified atom stereocenters. The zero-order valence-electron chi connectivity index (χ0n) is 17.5. The summed E-state index contributed by atoms with van der Waals surface area (Å²) in [6.07, 6.45) is 1.46. The summed E-state index contributed by atoms with van der Waals surface area (Å²) in [4.78, 5) is 38.8. The minimum Gasteiger partial charge on any atom is -0.489 e. The topological polar surface area (TPSA) is 75.7 Å².